The van der Waals surface area contributed by atoms with Crippen LogP contribution in [0.25, 0.3) is 0 Å². The van der Waals surface area contributed by atoms with Crippen LogP contribution in [0.15, 0.2) is 41.8 Å². The van der Waals surface area contributed by atoms with Gasteiger partial charge in [0, 0.05) is 10.6 Å². The summed E-state index contributed by atoms with van der Waals surface area (Å²) >= 11 is 7.26. The number of rotatable bonds is 2. The molecule has 1 aromatic heterocycles. The molecule has 1 heterocycles. The van der Waals surface area contributed by atoms with Crippen molar-refractivity contribution < 1.29 is 0 Å². The summed E-state index contributed by atoms with van der Waals surface area (Å²) in [4.78, 5) is 1.51. The molecule has 1 aromatic carbocycles. The van der Waals surface area contributed by atoms with Gasteiger partial charge in [-0.05, 0) is 60.6 Å². The monoisotopic (exact) mass is 288 g/mol. The van der Waals surface area contributed by atoms with Crippen LogP contribution < -0.4 is 10.6 Å². The number of benzene rings is 1. The molecule has 1 aliphatic rings. The minimum Gasteiger partial charge on any atom is -0.356 e. The van der Waals surface area contributed by atoms with Gasteiger partial charge in [-0.3, -0.25) is 0 Å². The van der Waals surface area contributed by atoms with E-state index in [0.29, 0.717) is 11.2 Å². The Morgan fingerprint density at radius 3 is 2.89 bits per heavy atom. The first-order valence-corrected chi connectivity index (χ1v) is 7.80. The van der Waals surface area contributed by atoms with Crippen LogP contribution >= 0.6 is 23.6 Å². The van der Waals surface area contributed by atoms with Crippen molar-refractivity contribution >= 4 is 34.4 Å². The number of fused-ring (bicyclic) bond motifs is 1. The fourth-order valence-corrected chi connectivity index (χ4v) is 3.73. The number of hydrogen-bond acceptors (Lipinski definition) is 2. The van der Waals surface area contributed by atoms with Gasteiger partial charge in [-0.25, -0.2) is 0 Å². The zero-order chi connectivity index (χ0) is 13.1. The van der Waals surface area contributed by atoms with Crippen LogP contribution in [-0.2, 0) is 6.42 Å². The van der Waals surface area contributed by atoms with E-state index in [1.165, 1.54) is 23.3 Å². The Labute approximate surface area is 122 Å². The molecule has 2 N–H and O–H groups in total. The van der Waals surface area contributed by atoms with Crippen molar-refractivity contribution in [1.82, 2.24) is 5.32 Å². The molecule has 98 valence electrons. The molecule has 3 rings (SSSR count). The maximum absolute atomic E-state index is 5.40. The molecule has 0 amide bonds. The van der Waals surface area contributed by atoms with Gasteiger partial charge in [-0.1, -0.05) is 18.2 Å². The highest BCUT2D eigenvalue weighted by molar-refractivity contribution is 7.80. The molecule has 0 saturated carbocycles. The molecular weight excluding hydrogens is 272 g/mol. The van der Waals surface area contributed by atoms with Crippen LogP contribution in [0.1, 0.15) is 29.3 Å². The molecule has 2 aromatic rings. The molecule has 1 atom stereocenters. The average molecular weight is 288 g/mol. The number of thiocarbonyl (C=S) groups is 1. The summed E-state index contributed by atoms with van der Waals surface area (Å²) in [5.41, 5.74) is 2.45. The van der Waals surface area contributed by atoms with Crippen LogP contribution in [0.4, 0.5) is 5.69 Å². The lowest BCUT2D eigenvalue weighted by Gasteiger charge is -2.25. The highest BCUT2D eigenvalue weighted by Crippen LogP contribution is 2.33. The second kappa shape index (κ2) is 5.72. The fraction of sp³-hybridized carbons (Fsp3) is 0.267. The van der Waals surface area contributed by atoms with E-state index in [2.05, 4.69) is 22.1 Å². The Morgan fingerprint density at radius 2 is 2.05 bits per heavy atom. The predicted molar refractivity (Wildman–Crippen MR) is 85.8 cm³/mol. The van der Waals surface area contributed by atoms with Crippen LogP contribution in [0.3, 0.4) is 0 Å². The highest BCUT2D eigenvalue weighted by atomic mass is 32.1. The van der Waals surface area contributed by atoms with Gasteiger partial charge in [0.05, 0.1) is 6.04 Å². The smallest absolute Gasteiger partial charge is 0.171 e. The summed E-state index contributed by atoms with van der Waals surface area (Å²) in [6.07, 6.45) is 3.60. The van der Waals surface area contributed by atoms with E-state index in [-0.39, 0.29) is 0 Å². The van der Waals surface area contributed by atoms with Crippen LogP contribution in [0.2, 0.25) is 0 Å². The third kappa shape index (κ3) is 2.96. The van der Waals surface area contributed by atoms with Crippen molar-refractivity contribution in [2.45, 2.75) is 25.3 Å². The maximum atomic E-state index is 5.40. The van der Waals surface area contributed by atoms with E-state index < -0.39 is 0 Å². The van der Waals surface area contributed by atoms with Gasteiger partial charge in [-0.15, -0.1) is 11.3 Å². The lowest BCUT2D eigenvalue weighted by Crippen LogP contribution is -2.33. The normalized spacial score (nSPS) is 17.6. The molecule has 0 aliphatic heterocycles. The largest absolute Gasteiger partial charge is 0.356 e. The topological polar surface area (TPSA) is 24.1 Å². The number of hydrogen-bond donors (Lipinski definition) is 2. The van der Waals surface area contributed by atoms with Crippen molar-refractivity contribution in [1.29, 1.82) is 0 Å². The van der Waals surface area contributed by atoms with E-state index in [1.807, 2.05) is 41.7 Å². The van der Waals surface area contributed by atoms with Gasteiger partial charge < -0.3 is 10.6 Å². The molecule has 0 radical (unpaired) electrons. The Morgan fingerprint density at radius 1 is 1.21 bits per heavy atom. The third-order valence-corrected chi connectivity index (χ3v) is 4.61. The zero-order valence-corrected chi connectivity index (χ0v) is 12.2. The predicted octanol–water partition coefficient (Wildman–Crippen LogP) is 4.11. The second-order valence-corrected chi connectivity index (χ2v) is 6.12. The number of nitrogens with one attached hydrogen (secondary N) is 2. The molecule has 0 fully saturated rings. The van der Waals surface area contributed by atoms with E-state index in [1.54, 1.807) is 0 Å². The first kappa shape index (κ1) is 12.6. The minimum atomic E-state index is 0.360. The summed E-state index contributed by atoms with van der Waals surface area (Å²) in [6.45, 7) is 0. The first-order valence-electron chi connectivity index (χ1n) is 6.52. The van der Waals surface area contributed by atoms with Crippen molar-refractivity contribution in [2.75, 3.05) is 5.32 Å². The van der Waals surface area contributed by atoms with Crippen molar-refractivity contribution in [2.24, 2.45) is 0 Å². The molecule has 1 aliphatic carbocycles. The number of aryl methyl sites for hydroxylation is 1. The van der Waals surface area contributed by atoms with Crippen molar-refractivity contribution in [3.8, 4) is 0 Å². The Kier molecular flexibility index (Phi) is 3.80. The average Bonchev–Trinajstić information content (AvgIpc) is 2.89. The van der Waals surface area contributed by atoms with E-state index in [9.17, 15) is 0 Å². The lowest BCUT2D eigenvalue weighted by atomic mass is 9.94. The van der Waals surface area contributed by atoms with Gasteiger partial charge in [-0.2, -0.15) is 0 Å². The molecule has 0 saturated heterocycles. The maximum Gasteiger partial charge on any atom is 0.171 e. The Hall–Kier alpha value is -1.39. The molecule has 0 bridgehead atoms. The summed E-state index contributed by atoms with van der Waals surface area (Å²) in [7, 11) is 0. The Balaban J connectivity index is 1.65. The lowest BCUT2D eigenvalue weighted by molar-refractivity contribution is 0.535. The molecule has 2 nitrogen and oxygen atoms in total. The number of thiophene rings is 1. The quantitative estimate of drug-likeness (QED) is 0.813. The highest BCUT2D eigenvalue weighted by Gasteiger charge is 2.21. The summed E-state index contributed by atoms with van der Waals surface area (Å²) in [5.74, 6) is 0. The van der Waals surface area contributed by atoms with Gasteiger partial charge in [0.1, 0.15) is 0 Å². The van der Waals surface area contributed by atoms with Crippen molar-refractivity contribution in [3.63, 3.8) is 0 Å². The standard InChI is InChI=1S/C15H16N2S2/c18-15(16-11-5-2-1-3-6-11)17-13-7-4-8-14-12(13)9-10-19-14/h1-3,5-6,9-10,13H,4,7-8H2,(H2,16,17,18). The Bertz CT molecular complexity index is 563. The summed E-state index contributed by atoms with van der Waals surface area (Å²) in [6, 6.07) is 12.6. The molecule has 4 heteroatoms. The second-order valence-electron chi connectivity index (χ2n) is 4.71. The van der Waals surface area contributed by atoms with Crippen molar-refractivity contribution in [3.05, 3.63) is 52.2 Å². The SMILES string of the molecule is S=C(Nc1ccccc1)NC1CCCc2sccc21. The van der Waals surface area contributed by atoms with Crippen LogP contribution in [-0.4, -0.2) is 5.11 Å². The molecular formula is C15H16N2S2. The summed E-state index contributed by atoms with van der Waals surface area (Å²) < 4.78 is 0. The van der Waals surface area contributed by atoms with Gasteiger partial charge >= 0.3 is 0 Å². The molecule has 19 heavy (non-hydrogen) atoms. The van der Waals surface area contributed by atoms with Gasteiger partial charge in [0.2, 0.25) is 0 Å². The third-order valence-electron chi connectivity index (χ3n) is 3.39. The number of para-hydroxylation sites is 1. The van der Waals surface area contributed by atoms with E-state index in [4.69, 9.17) is 12.2 Å². The summed E-state index contributed by atoms with van der Waals surface area (Å²) in [5, 5.41) is 9.56. The van der Waals surface area contributed by atoms with E-state index in [0.717, 1.165) is 12.1 Å². The zero-order valence-electron chi connectivity index (χ0n) is 10.6. The fourth-order valence-electron chi connectivity index (χ4n) is 2.48. The molecule has 1 unspecified atom stereocenters. The molecule has 0 spiro atoms. The minimum absolute atomic E-state index is 0.360. The van der Waals surface area contributed by atoms with E-state index >= 15 is 0 Å². The van der Waals surface area contributed by atoms with Gasteiger partial charge in [0.25, 0.3) is 0 Å². The van der Waals surface area contributed by atoms with Crippen LogP contribution in [0.5, 0.6) is 0 Å². The number of anilines is 1. The first-order chi connectivity index (χ1) is 9.33. The van der Waals surface area contributed by atoms with Gasteiger partial charge in [0.15, 0.2) is 5.11 Å². The van der Waals surface area contributed by atoms with Crippen LogP contribution in [0, 0.1) is 0 Å².